The fourth-order valence-corrected chi connectivity index (χ4v) is 12.3. The van der Waals surface area contributed by atoms with Gasteiger partial charge in [-0.1, -0.05) is 212 Å². The van der Waals surface area contributed by atoms with Crippen molar-refractivity contribution in [2.75, 3.05) is 4.90 Å². The quantitative estimate of drug-likeness (QED) is 0.147. The molecule has 0 bridgehead atoms. The van der Waals surface area contributed by atoms with Crippen molar-refractivity contribution in [1.29, 1.82) is 0 Å². The van der Waals surface area contributed by atoms with Crippen LogP contribution in [0, 0.1) is 0 Å². The summed E-state index contributed by atoms with van der Waals surface area (Å²) in [5, 5.41) is 5.09. The van der Waals surface area contributed by atoms with Crippen LogP contribution in [0.25, 0.3) is 86.6 Å². The average molecular weight is 884 g/mol. The molecule has 0 spiro atoms. The van der Waals surface area contributed by atoms with Crippen LogP contribution < -0.4 is 4.90 Å². The summed E-state index contributed by atoms with van der Waals surface area (Å²) in [6, 6.07) is 94.0. The molecule has 0 N–H and O–H groups in total. The van der Waals surface area contributed by atoms with Crippen molar-refractivity contribution in [3.63, 3.8) is 0 Å². The minimum Gasteiger partial charge on any atom is -0.310 e. The van der Waals surface area contributed by atoms with Gasteiger partial charge in [0, 0.05) is 42.5 Å². The Morgan fingerprint density at radius 3 is 1.68 bits per heavy atom. The second kappa shape index (κ2) is 16.2. The van der Waals surface area contributed by atoms with Crippen LogP contribution in [0.15, 0.2) is 255 Å². The molecule has 1 aromatic heterocycles. The molecule has 0 amide bonds. The van der Waals surface area contributed by atoms with Gasteiger partial charge in [-0.15, -0.1) is 11.3 Å². The molecule has 1 atom stereocenters. The molecule has 13 rings (SSSR count). The highest BCUT2D eigenvalue weighted by molar-refractivity contribution is 7.26. The van der Waals surface area contributed by atoms with E-state index in [0.29, 0.717) is 0 Å². The van der Waals surface area contributed by atoms with Gasteiger partial charge in [0.05, 0.1) is 5.69 Å². The number of thiophene rings is 1. The van der Waals surface area contributed by atoms with Crippen molar-refractivity contribution in [2.24, 2.45) is 0 Å². The molecule has 0 radical (unpaired) electrons. The summed E-state index contributed by atoms with van der Waals surface area (Å²) in [6.07, 6.45) is 0. The summed E-state index contributed by atoms with van der Waals surface area (Å²) in [4.78, 5) is 2.44. The van der Waals surface area contributed by atoms with Crippen LogP contribution in [0.5, 0.6) is 0 Å². The van der Waals surface area contributed by atoms with Gasteiger partial charge >= 0.3 is 0 Å². The number of anilines is 3. The summed E-state index contributed by atoms with van der Waals surface area (Å²) >= 11 is 1.88. The van der Waals surface area contributed by atoms with E-state index in [4.69, 9.17) is 0 Å². The molecule has 0 aliphatic heterocycles. The largest absolute Gasteiger partial charge is 0.310 e. The van der Waals surface area contributed by atoms with E-state index in [1.165, 1.54) is 103 Å². The monoisotopic (exact) mass is 883 g/mol. The number of nitrogens with zero attached hydrogens (tertiary/aromatic N) is 1. The number of rotatable bonds is 8. The molecule has 1 nitrogen and oxygen atoms in total. The lowest BCUT2D eigenvalue weighted by atomic mass is 9.74. The van der Waals surface area contributed by atoms with Gasteiger partial charge < -0.3 is 4.90 Å². The molecule has 11 aromatic carbocycles. The Labute approximate surface area is 401 Å². The van der Waals surface area contributed by atoms with Crippen LogP contribution in [0.4, 0.5) is 17.1 Å². The Bertz CT molecular complexity index is 3840. The molecule has 0 saturated carbocycles. The molecular formula is C66H45NS. The van der Waals surface area contributed by atoms with Gasteiger partial charge in [-0.2, -0.15) is 0 Å². The molecule has 68 heavy (non-hydrogen) atoms. The fourth-order valence-electron chi connectivity index (χ4n) is 11.1. The average Bonchev–Trinajstić information content (AvgIpc) is 3.92. The highest BCUT2D eigenvalue weighted by Crippen LogP contribution is 2.53. The molecule has 1 heterocycles. The van der Waals surface area contributed by atoms with E-state index < -0.39 is 0 Å². The first kappa shape index (κ1) is 40.0. The van der Waals surface area contributed by atoms with Gasteiger partial charge in [0.2, 0.25) is 0 Å². The fraction of sp³-hybridized carbons (Fsp3) is 0.0303. The molecule has 0 fully saturated rings. The van der Waals surface area contributed by atoms with Gasteiger partial charge in [0.25, 0.3) is 0 Å². The summed E-state index contributed by atoms with van der Waals surface area (Å²) in [7, 11) is 0. The van der Waals surface area contributed by atoms with Crippen molar-refractivity contribution in [2.45, 2.75) is 12.3 Å². The van der Waals surface area contributed by atoms with E-state index in [1.54, 1.807) is 0 Å². The van der Waals surface area contributed by atoms with E-state index in [1.807, 2.05) is 11.3 Å². The molecule has 2 heteroatoms. The SMILES string of the molecule is CC1(c2ccccc2)c2ccccc2-c2ccc(-c3ccc(N(c4ccc(-c5cccc6c5sc5ccccc56)cc4)c4ccccc4-c4cccc5cccc(-c6ccccc6)c45)cc3)cc21. The Morgan fingerprint density at radius 2 is 0.897 bits per heavy atom. The molecule has 320 valence electrons. The number of fused-ring (bicyclic) bond motifs is 7. The highest BCUT2D eigenvalue weighted by Gasteiger charge is 2.40. The first-order valence-electron chi connectivity index (χ1n) is 23.5. The standard InChI is InChI=1S/C66H45NS/c1-66(49-21-6-3-7-22-49)60-30-11-8-23-54(60)55-42-37-48(43-61(55)66)44-33-38-50(39-34-44)67(51-40-35-46(36-41-51)53-27-16-29-59-57-25-10-13-32-63(57)68-65(53)59)62-31-12-9-24-56(62)58-28-15-20-47-19-14-26-52(64(47)58)45-17-4-2-5-18-45/h2-43H,1H3. The van der Waals surface area contributed by atoms with Crippen molar-refractivity contribution in [3.05, 3.63) is 271 Å². The number of para-hydroxylation sites is 1. The maximum Gasteiger partial charge on any atom is 0.0540 e. The summed E-state index contributed by atoms with van der Waals surface area (Å²) in [6.45, 7) is 2.39. The topological polar surface area (TPSA) is 3.24 Å². The van der Waals surface area contributed by atoms with E-state index in [0.717, 1.165) is 17.1 Å². The van der Waals surface area contributed by atoms with E-state index >= 15 is 0 Å². The van der Waals surface area contributed by atoms with E-state index in [-0.39, 0.29) is 5.41 Å². The van der Waals surface area contributed by atoms with Gasteiger partial charge in [-0.25, -0.2) is 0 Å². The summed E-state index contributed by atoms with van der Waals surface area (Å²) in [5.74, 6) is 0. The van der Waals surface area contributed by atoms with Gasteiger partial charge in [0.1, 0.15) is 0 Å². The molecule has 0 saturated heterocycles. The summed E-state index contributed by atoms with van der Waals surface area (Å²) in [5.41, 5.74) is 19.3. The number of hydrogen-bond acceptors (Lipinski definition) is 2. The third-order valence-corrected chi connectivity index (χ3v) is 15.6. The maximum absolute atomic E-state index is 2.44. The zero-order valence-electron chi connectivity index (χ0n) is 37.6. The lowest BCUT2D eigenvalue weighted by Gasteiger charge is -2.29. The van der Waals surface area contributed by atoms with Gasteiger partial charge in [-0.05, 0) is 127 Å². The van der Waals surface area contributed by atoms with Gasteiger partial charge in [-0.3, -0.25) is 0 Å². The minimum absolute atomic E-state index is 0.264. The zero-order valence-corrected chi connectivity index (χ0v) is 38.4. The zero-order chi connectivity index (χ0) is 45.2. The van der Waals surface area contributed by atoms with Crippen molar-refractivity contribution in [3.8, 4) is 55.6 Å². The molecular weight excluding hydrogens is 839 g/mol. The second-order valence-electron chi connectivity index (χ2n) is 18.1. The lowest BCUT2D eigenvalue weighted by molar-refractivity contribution is 0.714. The number of benzene rings is 11. The predicted octanol–water partition coefficient (Wildman–Crippen LogP) is 18.7. The molecule has 1 unspecified atom stereocenters. The van der Waals surface area contributed by atoms with Crippen molar-refractivity contribution < 1.29 is 0 Å². The van der Waals surface area contributed by atoms with Crippen LogP contribution in [0.3, 0.4) is 0 Å². The predicted molar refractivity (Wildman–Crippen MR) is 291 cm³/mol. The Hall–Kier alpha value is -8.30. The van der Waals surface area contributed by atoms with Crippen LogP contribution in [-0.4, -0.2) is 0 Å². The van der Waals surface area contributed by atoms with Crippen LogP contribution in [-0.2, 0) is 5.41 Å². The first-order valence-corrected chi connectivity index (χ1v) is 24.3. The van der Waals surface area contributed by atoms with Crippen LogP contribution >= 0.6 is 11.3 Å². The van der Waals surface area contributed by atoms with Crippen molar-refractivity contribution >= 4 is 59.3 Å². The van der Waals surface area contributed by atoms with Crippen LogP contribution in [0.1, 0.15) is 23.6 Å². The smallest absolute Gasteiger partial charge is 0.0540 e. The van der Waals surface area contributed by atoms with E-state index in [9.17, 15) is 0 Å². The molecule has 1 aliphatic rings. The maximum atomic E-state index is 2.44. The minimum atomic E-state index is -0.264. The first-order chi connectivity index (χ1) is 33.6. The normalized spacial score (nSPS) is 14.0. The Morgan fingerprint density at radius 1 is 0.353 bits per heavy atom. The lowest BCUT2D eigenvalue weighted by Crippen LogP contribution is -2.22. The van der Waals surface area contributed by atoms with Gasteiger partial charge in [0.15, 0.2) is 0 Å². The van der Waals surface area contributed by atoms with Crippen LogP contribution in [0.2, 0.25) is 0 Å². The summed E-state index contributed by atoms with van der Waals surface area (Å²) < 4.78 is 2.64. The molecule has 1 aliphatic carbocycles. The Kier molecular flexibility index (Phi) is 9.56. The highest BCUT2D eigenvalue weighted by atomic mass is 32.1. The Balaban J connectivity index is 0.956. The third kappa shape index (κ3) is 6.44. The molecule has 12 aromatic rings. The van der Waals surface area contributed by atoms with Crippen molar-refractivity contribution in [1.82, 2.24) is 0 Å². The third-order valence-electron chi connectivity index (χ3n) is 14.4. The second-order valence-corrected chi connectivity index (χ2v) is 19.2. The number of hydrogen-bond donors (Lipinski definition) is 0. The van der Waals surface area contributed by atoms with E-state index in [2.05, 4.69) is 267 Å².